The van der Waals surface area contributed by atoms with Crippen molar-refractivity contribution in [3.8, 4) is 0 Å². The Hall–Kier alpha value is -1.69. The number of nitrogens with zero attached hydrogens (tertiary/aromatic N) is 3. The largest absolute Gasteiger partial charge is 0.382 e. The van der Waals surface area contributed by atoms with Crippen LogP contribution >= 0.6 is 0 Å². The Morgan fingerprint density at radius 1 is 0.781 bits per heavy atom. The molecule has 0 saturated carbocycles. The molecule has 0 aliphatic rings. The molecule has 2 rings (SSSR count). The topological polar surface area (TPSA) is 89.7 Å². The molecule has 1 atom stereocenters. The zero-order valence-corrected chi connectivity index (χ0v) is 20.7. The van der Waals surface area contributed by atoms with Crippen LogP contribution in [0.25, 0.3) is 11.2 Å². The SMILES string of the molecule is CCCCCCCCCCCCCCCCCCOC(CC)c1nc(N)c2nc[nH]c2n1. The second-order valence-electron chi connectivity index (χ2n) is 9.14. The molecule has 0 saturated heterocycles. The molecular weight excluding hydrogens is 398 g/mol. The average molecular weight is 446 g/mol. The number of fused-ring (bicyclic) bond motifs is 1. The number of hydrogen-bond donors (Lipinski definition) is 2. The fourth-order valence-electron chi connectivity index (χ4n) is 4.27. The lowest BCUT2D eigenvalue weighted by Crippen LogP contribution is -2.11. The quantitative estimate of drug-likeness (QED) is 0.204. The van der Waals surface area contributed by atoms with Gasteiger partial charge in [-0.05, 0) is 12.8 Å². The summed E-state index contributed by atoms with van der Waals surface area (Å²) >= 11 is 0. The van der Waals surface area contributed by atoms with Crippen molar-refractivity contribution in [1.82, 2.24) is 19.9 Å². The molecule has 0 radical (unpaired) electrons. The van der Waals surface area contributed by atoms with Crippen LogP contribution in [0.15, 0.2) is 6.33 Å². The summed E-state index contributed by atoms with van der Waals surface area (Å²) in [4.78, 5) is 16.1. The molecule has 2 aromatic heterocycles. The highest BCUT2D eigenvalue weighted by molar-refractivity contribution is 5.80. The van der Waals surface area contributed by atoms with Crippen LogP contribution in [0.3, 0.4) is 0 Å². The highest BCUT2D eigenvalue weighted by atomic mass is 16.5. The second kappa shape index (κ2) is 16.9. The molecule has 0 spiro atoms. The fourth-order valence-corrected chi connectivity index (χ4v) is 4.27. The van der Waals surface area contributed by atoms with E-state index in [0.29, 0.717) is 22.8 Å². The first-order chi connectivity index (χ1) is 15.8. The lowest BCUT2D eigenvalue weighted by Gasteiger charge is -2.15. The standard InChI is InChI=1S/C26H47N5O/c1-3-5-6-7-8-9-10-11-12-13-14-15-16-17-18-19-20-32-22(4-2)25-30-24(27)23-26(31-25)29-21-28-23/h21-22H,3-20H2,1-2H3,(H3,27,28,29,30,31). The minimum Gasteiger partial charge on any atom is -0.382 e. The first-order valence-electron chi connectivity index (χ1n) is 13.3. The van der Waals surface area contributed by atoms with Crippen molar-refractivity contribution in [2.24, 2.45) is 0 Å². The maximum absolute atomic E-state index is 6.06. The number of aromatic amines is 1. The number of H-pyrrole nitrogens is 1. The van der Waals surface area contributed by atoms with Gasteiger partial charge in [-0.2, -0.15) is 0 Å². The van der Waals surface area contributed by atoms with Gasteiger partial charge in [0.15, 0.2) is 17.3 Å². The highest BCUT2D eigenvalue weighted by Crippen LogP contribution is 2.22. The summed E-state index contributed by atoms with van der Waals surface area (Å²) in [6, 6.07) is 0. The van der Waals surface area contributed by atoms with Gasteiger partial charge in [0, 0.05) is 6.61 Å². The minimum atomic E-state index is -0.110. The van der Waals surface area contributed by atoms with Gasteiger partial charge in [-0.1, -0.05) is 110 Å². The summed E-state index contributed by atoms with van der Waals surface area (Å²) in [6.45, 7) is 5.13. The average Bonchev–Trinajstić information content (AvgIpc) is 3.28. The van der Waals surface area contributed by atoms with Gasteiger partial charge in [0.25, 0.3) is 0 Å². The number of hydrogen-bond acceptors (Lipinski definition) is 5. The van der Waals surface area contributed by atoms with Crippen molar-refractivity contribution < 1.29 is 4.74 Å². The Bertz CT molecular complexity index is 717. The van der Waals surface area contributed by atoms with Crippen LogP contribution in [-0.2, 0) is 4.74 Å². The molecule has 3 N–H and O–H groups in total. The fraction of sp³-hybridized carbons (Fsp3) is 0.808. The number of nitrogens with one attached hydrogen (secondary N) is 1. The number of unbranched alkanes of at least 4 members (excludes halogenated alkanes) is 15. The Balaban J connectivity index is 1.41. The molecule has 0 bridgehead atoms. The summed E-state index contributed by atoms with van der Waals surface area (Å²) in [7, 11) is 0. The molecule has 0 aliphatic carbocycles. The number of anilines is 1. The Morgan fingerprint density at radius 2 is 1.31 bits per heavy atom. The van der Waals surface area contributed by atoms with Crippen LogP contribution in [0.4, 0.5) is 5.82 Å². The maximum atomic E-state index is 6.06. The number of nitrogens with two attached hydrogens (primary N) is 1. The van der Waals surface area contributed by atoms with E-state index in [0.717, 1.165) is 19.4 Å². The van der Waals surface area contributed by atoms with Crippen LogP contribution in [0.5, 0.6) is 0 Å². The van der Waals surface area contributed by atoms with E-state index in [9.17, 15) is 0 Å². The predicted octanol–water partition coefficient (Wildman–Crippen LogP) is 7.66. The van der Waals surface area contributed by atoms with E-state index in [2.05, 4.69) is 33.8 Å². The van der Waals surface area contributed by atoms with Gasteiger partial charge in [0.2, 0.25) is 0 Å². The van der Waals surface area contributed by atoms with Crippen molar-refractivity contribution in [3.05, 3.63) is 12.2 Å². The molecule has 32 heavy (non-hydrogen) atoms. The summed E-state index contributed by atoms with van der Waals surface area (Å²) in [5.41, 5.74) is 7.30. The molecule has 6 heteroatoms. The van der Waals surface area contributed by atoms with Crippen molar-refractivity contribution >= 4 is 17.0 Å². The molecule has 2 aromatic rings. The van der Waals surface area contributed by atoms with E-state index in [1.807, 2.05) is 0 Å². The molecule has 1 unspecified atom stereocenters. The van der Waals surface area contributed by atoms with Crippen LogP contribution in [-0.4, -0.2) is 26.5 Å². The van der Waals surface area contributed by atoms with Crippen LogP contribution < -0.4 is 5.73 Å². The minimum absolute atomic E-state index is 0.110. The molecular formula is C26H47N5O. The van der Waals surface area contributed by atoms with Gasteiger partial charge < -0.3 is 15.5 Å². The van der Waals surface area contributed by atoms with Gasteiger partial charge in [-0.15, -0.1) is 0 Å². The van der Waals surface area contributed by atoms with Crippen molar-refractivity contribution in [2.75, 3.05) is 12.3 Å². The number of rotatable bonds is 20. The van der Waals surface area contributed by atoms with Gasteiger partial charge in [0.1, 0.15) is 11.6 Å². The number of imidazole rings is 1. The highest BCUT2D eigenvalue weighted by Gasteiger charge is 2.16. The summed E-state index contributed by atoms with van der Waals surface area (Å²) in [5.74, 6) is 1.06. The number of ether oxygens (including phenoxy) is 1. The molecule has 0 amide bonds. The van der Waals surface area contributed by atoms with E-state index < -0.39 is 0 Å². The van der Waals surface area contributed by atoms with Gasteiger partial charge >= 0.3 is 0 Å². The first kappa shape index (κ1) is 26.6. The summed E-state index contributed by atoms with van der Waals surface area (Å²) in [5, 5.41) is 0. The first-order valence-corrected chi connectivity index (χ1v) is 13.3. The lowest BCUT2D eigenvalue weighted by molar-refractivity contribution is 0.0416. The third-order valence-electron chi connectivity index (χ3n) is 6.30. The van der Waals surface area contributed by atoms with Gasteiger partial charge in [0.05, 0.1) is 6.33 Å². The number of nitrogen functional groups attached to an aromatic ring is 1. The second-order valence-corrected chi connectivity index (χ2v) is 9.14. The van der Waals surface area contributed by atoms with Crippen LogP contribution in [0, 0.1) is 0 Å². The smallest absolute Gasteiger partial charge is 0.163 e. The van der Waals surface area contributed by atoms with E-state index in [4.69, 9.17) is 10.5 Å². The van der Waals surface area contributed by atoms with Crippen molar-refractivity contribution in [3.63, 3.8) is 0 Å². The Morgan fingerprint density at radius 3 is 1.84 bits per heavy atom. The molecule has 0 fully saturated rings. The summed E-state index contributed by atoms with van der Waals surface area (Å²) in [6.07, 6.45) is 24.4. The number of aromatic nitrogens is 4. The predicted molar refractivity (Wildman–Crippen MR) is 135 cm³/mol. The lowest BCUT2D eigenvalue weighted by atomic mass is 10.0. The third-order valence-corrected chi connectivity index (χ3v) is 6.30. The van der Waals surface area contributed by atoms with Gasteiger partial charge in [-0.3, -0.25) is 0 Å². The Kier molecular flexibility index (Phi) is 14.0. The zero-order chi connectivity index (χ0) is 22.9. The monoisotopic (exact) mass is 445 g/mol. The van der Waals surface area contributed by atoms with E-state index in [1.54, 1.807) is 6.33 Å². The normalized spacial score (nSPS) is 12.6. The maximum Gasteiger partial charge on any atom is 0.163 e. The molecule has 182 valence electrons. The molecule has 0 aliphatic heterocycles. The third kappa shape index (κ3) is 10.3. The van der Waals surface area contributed by atoms with E-state index in [-0.39, 0.29) is 6.10 Å². The van der Waals surface area contributed by atoms with Crippen LogP contribution in [0.1, 0.15) is 135 Å². The van der Waals surface area contributed by atoms with E-state index >= 15 is 0 Å². The van der Waals surface area contributed by atoms with Crippen molar-refractivity contribution in [1.29, 1.82) is 0 Å². The Labute approximate surface area is 195 Å². The zero-order valence-electron chi connectivity index (χ0n) is 20.7. The van der Waals surface area contributed by atoms with E-state index in [1.165, 1.54) is 96.3 Å². The molecule has 2 heterocycles. The van der Waals surface area contributed by atoms with Crippen LogP contribution in [0.2, 0.25) is 0 Å². The molecule has 0 aromatic carbocycles. The van der Waals surface area contributed by atoms with Gasteiger partial charge in [-0.25, -0.2) is 15.0 Å². The van der Waals surface area contributed by atoms with Crippen molar-refractivity contribution in [2.45, 2.75) is 129 Å². The summed E-state index contributed by atoms with van der Waals surface area (Å²) < 4.78 is 6.06. The molecule has 6 nitrogen and oxygen atoms in total.